The van der Waals surface area contributed by atoms with Gasteiger partial charge in [0.25, 0.3) is 0 Å². The molecule has 3 aromatic rings. The second-order valence-electron chi connectivity index (χ2n) is 9.19. The molecular formula is C24H28F3N5O3S. The van der Waals surface area contributed by atoms with Crippen LogP contribution in [0.15, 0.2) is 47.4 Å². The molecule has 0 saturated heterocycles. The Morgan fingerprint density at radius 2 is 1.75 bits per heavy atom. The van der Waals surface area contributed by atoms with Gasteiger partial charge >= 0.3 is 6.36 Å². The highest BCUT2D eigenvalue weighted by molar-refractivity contribution is 7.89. The number of halogens is 3. The van der Waals surface area contributed by atoms with E-state index in [0.717, 1.165) is 48.5 Å². The van der Waals surface area contributed by atoms with Crippen molar-refractivity contribution < 1.29 is 26.3 Å². The summed E-state index contributed by atoms with van der Waals surface area (Å²) in [5.41, 5.74) is 1.00. The molecule has 1 fully saturated rings. The van der Waals surface area contributed by atoms with Crippen molar-refractivity contribution in [2.24, 2.45) is 11.1 Å². The van der Waals surface area contributed by atoms with Crippen LogP contribution in [-0.4, -0.2) is 44.9 Å². The number of sulfonamides is 1. The molecule has 1 aliphatic carbocycles. The van der Waals surface area contributed by atoms with Crippen LogP contribution in [0.2, 0.25) is 0 Å². The predicted molar refractivity (Wildman–Crippen MR) is 131 cm³/mol. The van der Waals surface area contributed by atoms with Gasteiger partial charge < -0.3 is 15.0 Å². The first-order chi connectivity index (χ1) is 16.9. The lowest BCUT2D eigenvalue weighted by Gasteiger charge is -2.30. The van der Waals surface area contributed by atoms with Gasteiger partial charge in [0.05, 0.1) is 5.52 Å². The van der Waals surface area contributed by atoms with Crippen molar-refractivity contribution in [2.45, 2.75) is 49.4 Å². The molecule has 0 bridgehead atoms. The Labute approximate surface area is 207 Å². The molecule has 3 N–H and O–H groups in total. The molecule has 1 aliphatic rings. The first-order valence-corrected chi connectivity index (χ1v) is 13.1. The molecule has 1 saturated carbocycles. The van der Waals surface area contributed by atoms with E-state index >= 15 is 0 Å². The highest BCUT2D eigenvalue weighted by Gasteiger charge is 2.35. The third-order valence-corrected chi connectivity index (χ3v) is 7.21. The second kappa shape index (κ2) is 10.1. The van der Waals surface area contributed by atoms with E-state index in [1.165, 1.54) is 12.1 Å². The molecule has 0 amide bonds. The highest BCUT2D eigenvalue weighted by Crippen LogP contribution is 2.37. The van der Waals surface area contributed by atoms with Gasteiger partial charge in [0.2, 0.25) is 16.0 Å². The predicted octanol–water partition coefficient (Wildman–Crippen LogP) is 4.46. The number of anilines is 2. The van der Waals surface area contributed by atoms with Crippen LogP contribution in [-0.2, 0) is 16.4 Å². The van der Waals surface area contributed by atoms with E-state index < -0.39 is 27.0 Å². The van der Waals surface area contributed by atoms with E-state index in [4.69, 9.17) is 5.14 Å². The van der Waals surface area contributed by atoms with E-state index in [0.29, 0.717) is 5.95 Å². The lowest BCUT2D eigenvalue weighted by Crippen LogP contribution is -2.28. The van der Waals surface area contributed by atoms with Crippen molar-refractivity contribution in [3.63, 3.8) is 0 Å². The quantitative estimate of drug-likeness (QED) is 0.471. The number of nitrogens with two attached hydrogens (primary N) is 1. The molecule has 0 radical (unpaired) electrons. The molecule has 8 nitrogen and oxygen atoms in total. The van der Waals surface area contributed by atoms with Crippen LogP contribution < -0.4 is 20.1 Å². The van der Waals surface area contributed by atoms with Gasteiger partial charge in [-0.15, -0.1) is 13.2 Å². The molecule has 36 heavy (non-hydrogen) atoms. The zero-order valence-corrected chi connectivity index (χ0v) is 20.7. The normalized spacial score (nSPS) is 18.7. The Bertz CT molecular complexity index is 1340. The molecule has 1 aromatic heterocycles. The minimum Gasteiger partial charge on any atom is -0.404 e. The van der Waals surface area contributed by atoms with Gasteiger partial charge in [0, 0.05) is 25.5 Å². The maximum atomic E-state index is 13.0. The number of benzene rings is 2. The maximum Gasteiger partial charge on any atom is 0.573 e. The molecule has 194 valence electrons. The van der Waals surface area contributed by atoms with Crippen LogP contribution in [0.5, 0.6) is 5.75 Å². The zero-order valence-electron chi connectivity index (χ0n) is 19.9. The number of ether oxygens (including phenoxy) is 1. The van der Waals surface area contributed by atoms with E-state index in [1.807, 2.05) is 43.3 Å². The van der Waals surface area contributed by atoms with E-state index in [9.17, 15) is 21.6 Å². The first kappa shape index (κ1) is 26.0. The SMILES string of the molecule is CN(C)c1nc(NC2CCC(Cc3cccc(S(N)(=O)=O)c3OC(F)(F)F)CC2)nc2ccccc12. The van der Waals surface area contributed by atoms with Crippen LogP contribution in [0.4, 0.5) is 24.9 Å². The van der Waals surface area contributed by atoms with Crippen LogP contribution >= 0.6 is 0 Å². The van der Waals surface area contributed by atoms with Crippen molar-refractivity contribution in [1.29, 1.82) is 0 Å². The molecule has 0 spiro atoms. The monoisotopic (exact) mass is 523 g/mol. The van der Waals surface area contributed by atoms with Crippen LogP contribution in [0.3, 0.4) is 0 Å². The van der Waals surface area contributed by atoms with Gasteiger partial charge in [0.15, 0.2) is 5.75 Å². The number of alkyl halides is 3. The highest BCUT2D eigenvalue weighted by atomic mass is 32.2. The summed E-state index contributed by atoms with van der Waals surface area (Å²) in [5, 5.41) is 9.50. The number of para-hydroxylation sites is 2. The number of primary sulfonamides is 1. The summed E-state index contributed by atoms with van der Waals surface area (Å²) in [4.78, 5) is 10.6. The molecular weight excluding hydrogens is 495 g/mol. The lowest BCUT2D eigenvalue weighted by molar-refractivity contribution is -0.275. The zero-order chi connectivity index (χ0) is 26.1. The fraction of sp³-hybridized carbons (Fsp3) is 0.417. The molecule has 4 rings (SSSR count). The first-order valence-electron chi connectivity index (χ1n) is 11.5. The number of nitrogens with one attached hydrogen (secondary N) is 1. The fourth-order valence-electron chi connectivity index (χ4n) is 4.65. The van der Waals surface area contributed by atoms with Crippen molar-refractivity contribution in [3.8, 4) is 5.75 Å². The summed E-state index contributed by atoms with van der Waals surface area (Å²) in [6.07, 6.45) is -1.79. The Kier molecular flexibility index (Phi) is 7.28. The minimum atomic E-state index is -5.04. The van der Waals surface area contributed by atoms with Crippen molar-refractivity contribution in [3.05, 3.63) is 48.0 Å². The Balaban J connectivity index is 1.46. The lowest BCUT2D eigenvalue weighted by atomic mass is 9.82. The number of rotatable bonds is 7. The smallest absolute Gasteiger partial charge is 0.404 e. The third-order valence-electron chi connectivity index (χ3n) is 6.28. The van der Waals surface area contributed by atoms with Crippen molar-refractivity contribution >= 4 is 32.7 Å². The summed E-state index contributed by atoms with van der Waals surface area (Å²) in [6, 6.07) is 11.7. The molecule has 0 atom stereocenters. The van der Waals surface area contributed by atoms with Gasteiger partial charge in [-0.25, -0.2) is 18.5 Å². The van der Waals surface area contributed by atoms with E-state index in [-0.39, 0.29) is 23.9 Å². The van der Waals surface area contributed by atoms with Crippen LogP contribution in [0.1, 0.15) is 31.2 Å². The summed E-state index contributed by atoms with van der Waals surface area (Å²) in [5.74, 6) is 0.657. The summed E-state index contributed by atoms with van der Waals surface area (Å²) >= 11 is 0. The summed E-state index contributed by atoms with van der Waals surface area (Å²) in [7, 11) is -0.546. The Hall–Kier alpha value is -3.12. The minimum absolute atomic E-state index is 0.0595. The average Bonchev–Trinajstić information content (AvgIpc) is 2.79. The molecule has 12 heteroatoms. The average molecular weight is 524 g/mol. The Morgan fingerprint density at radius 3 is 2.39 bits per heavy atom. The second-order valence-corrected chi connectivity index (χ2v) is 10.7. The topological polar surface area (TPSA) is 110 Å². The fourth-order valence-corrected chi connectivity index (χ4v) is 5.35. The molecule has 0 aliphatic heterocycles. The number of fused-ring (bicyclic) bond motifs is 1. The number of hydrogen-bond acceptors (Lipinski definition) is 7. The van der Waals surface area contributed by atoms with Crippen LogP contribution in [0.25, 0.3) is 10.9 Å². The van der Waals surface area contributed by atoms with Gasteiger partial charge in [0.1, 0.15) is 10.7 Å². The van der Waals surface area contributed by atoms with Gasteiger partial charge in [-0.1, -0.05) is 24.3 Å². The number of nitrogens with zero attached hydrogens (tertiary/aromatic N) is 3. The molecule has 2 aromatic carbocycles. The maximum absolute atomic E-state index is 13.0. The largest absolute Gasteiger partial charge is 0.573 e. The summed E-state index contributed by atoms with van der Waals surface area (Å²) < 4.78 is 66.9. The van der Waals surface area contributed by atoms with Gasteiger partial charge in [-0.05, 0) is 61.8 Å². The molecule has 1 heterocycles. The third kappa shape index (κ3) is 6.16. The molecule has 0 unspecified atom stereocenters. The number of aromatic nitrogens is 2. The van der Waals surface area contributed by atoms with Crippen LogP contribution in [0, 0.1) is 5.92 Å². The van der Waals surface area contributed by atoms with E-state index in [2.05, 4.69) is 20.0 Å². The van der Waals surface area contributed by atoms with Crippen molar-refractivity contribution in [1.82, 2.24) is 9.97 Å². The summed E-state index contributed by atoms with van der Waals surface area (Å²) in [6.45, 7) is 0. The number of hydrogen-bond donors (Lipinski definition) is 2. The Morgan fingerprint density at radius 1 is 1.06 bits per heavy atom. The van der Waals surface area contributed by atoms with Gasteiger partial charge in [-0.2, -0.15) is 4.98 Å². The van der Waals surface area contributed by atoms with E-state index in [1.54, 1.807) is 0 Å². The standard InChI is InChI=1S/C24H28F3N5O3S/c1-32(2)22-18-7-3-4-8-19(18)30-23(31-22)29-17-12-10-15(11-13-17)14-16-6-5-9-20(36(28,33)34)21(16)35-24(25,26)27/h3-9,15,17H,10-14H2,1-2H3,(H2,28,33,34)(H,29,30,31). The van der Waals surface area contributed by atoms with Crippen molar-refractivity contribution in [2.75, 3.05) is 24.3 Å². The van der Waals surface area contributed by atoms with Gasteiger partial charge in [-0.3, -0.25) is 0 Å².